The average molecular weight is 331 g/mol. The Kier molecular flexibility index (Phi) is 5.11. The molecule has 2 aromatic rings. The molecule has 0 bridgehead atoms. The third-order valence-electron chi connectivity index (χ3n) is 3.54. The first-order valence-corrected chi connectivity index (χ1v) is 8.69. The predicted octanol–water partition coefficient (Wildman–Crippen LogP) is 3.69. The molecular weight excluding hydrogens is 310 g/mol. The Morgan fingerprint density at radius 2 is 1.91 bits per heavy atom. The van der Waals surface area contributed by atoms with Crippen LogP contribution in [0.1, 0.15) is 11.1 Å². The van der Waals surface area contributed by atoms with E-state index in [0.717, 1.165) is 11.1 Å². The number of benzene rings is 2. The summed E-state index contributed by atoms with van der Waals surface area (Å²) in [6, 6.07) is 12.3. The van der Waals surface area contributed by atoms with Crippen LogP contribution in [0.25, 0.3) is 0 Å². The molecule has 0 N–H and O–H groups in total. The summed E-state index contributed by atoms with van der Waals surface area (Å²) < 4.78 is 32.6. The van der Waals surface area contributed by atoms with Crippen LogP contribution in [0.4, 0.5) is 5.69 Å². The summed E-state index contributed by atoms with van der Waals surface area (Å²) in [4.78, 5) is 0.235. The molecule has 0 heterocycles. The van der Waals surface area contributed by atoms with Gasteiger partial charge in [0.2, 0.25) is 0 Å². The standard InChI is InChI=1S/C18H21NO3S/c1-5-11-19(16-8-6-7-14(2)12-16)23(20,21)17-9-10-18(22-4)15(3)13-17/h5-10,12-13H,1,11H2,2-4H3. The van der Waals surface area contributed by atoms with Crippen molar-refractivity contribution in [2.24, 2.45) is 0 Å². The van der Waals surface area contributed by atoms with Crippen LogP contribution in [0.15, 0.2) is 60.0 Å². The number of rotatable bonds is 6. The molecule has 2 aromatic carbocycles. The molecule has 0 saturated carbocycles. The van der Waals surface area contributed by atoms with Crippen LogP contribution >= 0.6 is 0 Å². The van der Waals surface area contributed by atoms with Crippen molar-refractivity contribution in [3.8, 4) is 5.75 Å². The zero-order valence-corrected chi connectivity index (χ0v) is 14.4. The molecule has 2 rings (SSSR count). The van der Waals surface area contributed by atoms with Crippen LogP contribution in [-0.4, -0.2) is 22.1 Å². The van der Waals surface area contributed by atoms with E-state index in [1.54, 1.807) is 37.5 Å². The molecule has 0 spiro atoms. The molecule has 5 heteroatoms. The summed E-state index contributed by atoms with van der Waals surface area (Å²) in [6.07, 6.45) is 1.58. The zero-order chi connectivity index (χ0) is 17.0. The molecule has 0 aliphatic carbocycles. The van der Waals surface area contributed by atoms with E-state index in [4.69, 9.17) is 4.74 Å². The summed E-state index contributed by atoms with van der Waals surface area (Å²) >= 11 is 0. The fraction of sp³-hybridized carbons (Fsp3) is 0.222. The maximum absolute atomic E-state index is 13.0. The van der Waals surface area contributed by atoms with E-state index in [-0.39, 0.29) is 11.4 Å². The van der Waals surface area contributed by atoms with Crippen molar-refractivity contribution in [1.29, 1.82) is 0 Å². The number of sulfonamides is 1. The summed E-state index contributed by atoms with van der Waals surface area (Å²) in [5.74, 6) is 0.662. The van der Waals surface area contributed by atoms with Crippen molar-refractivity contribution in [2.45, 2.75) is 18.7 Å². The smallest absolute Gasteiger partial charge is 0.264 e. The largest absolute Gasteiger partial charge is 0.496 e. The lowest BCUT2D eigenvalue weighted by Crippen LogP contribution is -2.31. The Morgan fingerprint density at radius 1 is 1.17 bits per heavy atom. The second-order valence-electron chi connectivity index (χ2n) is 5.30. The fourth-order valence-electron chi connectivity index (χ4n) is 2.38. The molecule has 0 amide bonds. The molecule has 0 saturated heterocycles. The number of anilines is 1. The highest BCUT2D eigenvalue weighted by molar-refractivity contribution is 7.92. The number of aryl methyl sites for hydroxylation is 2. The van der Waals surface area contributed by atoms with Crippen LogP contribution in [0.5, 0.6) is 5.75 Å². The molecule has 0 aromatic heterocycles. The topological polar surface area (TPSA) is 46.6 Å². The van der Waals surface area contributed by atoms with E-state index in [1.165, 1.54) is 4.31 Å². The van der Waals surface area contributed by atoms with Gasteiger partial charge in [0.1, 0.15) is 5.75 Å². The molecule has 23 heavy (non-hydrogen) atoms. The summed E-state index contributed by atoms with van der Waals surface area (Å²) in [7, 11) is -2.11. The van der Waals surface area contributed by atoms with E-state index in [0.29, 0.717) is 11.4 Å². The molecule has 0 aliphatic rings. The van der Waals surface area contributed by atoms with Gasteiger partial charge in [-0.1, -0.05) is 18.2 Å². The third kappa shape index (κ3) is 3.56. The minimum absolute atomic E-state index is 0.205. The number of ether oxygens (including phenoxy) is 1. The molecule has 0 radical (unpaired) electrons. The van der Waals surface area contributed by atoms with Gasteiger partial charge in [-0.05, 0) is 55.3 Å². The van der Waals surface area contributed by atoms with Crippen LogP contribution < -0.4 is 9.04 Å². The predicted molar refractivity (Wildman–Crippen MR) is 93.6 cm³/mol. The normalized spacial score (nSPS) is 11.1. The van der Waals surface area contributed by atoms with E-state index < -0.39 is 10.0 Å². The average Bonchev–Trinajstić information content (AvgIpc) is 2.52. The van der Waals surface area contributed by atoms with Gasteiger partial charge in [0.25, 0.3) is 10.0 Å². The Labute approximate surface area is 138 Å². The van der Waals surface area contributed by atoms with Crippen LogP contribution in [0, 0.1) is 13.8 Å². The van der Waals surface area contributed by atoms with Crippen LogP contribution in [0.2, 0.25) is 0 Å². The van der Waals surface area contributed by atoms with E-state index in [1.807, 2.05) is 32.0 Å². The molecular formula is C18H21NO3S. The molecule has 0 fully saturated rings. The maximum atomic E-state index is 13.0. The van der Waals surface area contributed by atoms with Gasteiger partial charge in [-0.15, -0.1) is 6.58 Å². The summed E-state index contributed by atoms with van der Waals surface area (Å²) in [5.41, 5.74) is 2.40. The van der Waals surface area contributed by atoms with Crippen molar-refractivity contribution >= 4 is 15.7 Å². The Balaban J connectivity index is 2.53. The lowest BCUT2D eigenvalue weighted by atomic mass is 10.2. The van der Waals surface area contributed by atoms with Gasteiger partial charge in [0, 0.05) is 0 Å². The molecule has 0 unspecified atom stereocenters. The summed E-state index contributed by atoms with van der Waals surface area (Å²) in [5, 5.41) is 0. The monoisotopic (exact) mass is 331 g/mol. The first-order chi connectivity index (χ1) is 10.9. The van der Waals surface area contributed by atoms with Gasteiger partial charge in [-0.3, -0.25) is 4.31 Å². The molecule has 122 valence electrons. The second-order valence-corrected chi connectivity index (χ2v) is 7.16. The second kappa shape index (κ2) is 6.87. The van der Waals surface area contributed by atoms with Gasteiger partial charge < -0.3 is 4.74 Å². The highest BCUT2D eigenvalue weighted by Gasteiger charge is 2.24. The van der Waals surface area contributed by atoms with E-state index in [9.17, 15) is 8.42 Å². The van der Waals surface area contributed by atoms with Gasteiger partial charge in [-0.25, -0.2) is 8.42 Å². The Hall–Kier alpha value is -2.27. The van der Waals surface area contributed by atoms with E-state index >= 15 is 0 Å². The van der Waals surface area contributed by atoms with Gasteiger partial charge in [-0.2, -0.15) is 0 Å². The summed E-state index contributed by atoms with van der Waals surface area (Å²) in [6.45, 7) is 7.63. The Bertz CT molecular complexity index is 813. The number of nitrogens with zero attached hydrogens (tertiary/aromatic N) is 1. The number of hydrogen-bond acceptors (Lipinski definition) is 3. The van der Waals surface area contributed by atoms with Crippen molar-refractivity contribution in [3.05, 3.63) is 66.2 Å². The first kappa shape index (κ1) is 17.1. The maximum Gasteiger partial charge on any atom is 0.264 e. The van der Waals surface area contributed by atoms with Gasteiger partial charge in [0.15, 0.2) is 0 Å². The van der Waals surface area contributed by atoms with Crippen molar-refractivity contribution < 1.29 is 13.2 Å². The SMILES string of the molecule is C=CCN(c1cccc(C)c1)S(=O)(=O)c1ccc(OC)c(C)c1. The molecule has 0 aliphatic heterocycles. The number of hydrogen-bond donors (Lipinski definition) is 0. The van der Waals surface area contributed by atoms with Crippen molar-refractivity contribution in [2.75, 3.05) is 18.0 Å². The highest BCUT2D eigenvalue weighted by Crippen LogP contribution is 2.27. The quantitative estimate of drug-likeness (QED) is 0.758. The van der Waals surface area contributed by atoms with Gasteiger partial charge in [0.05, 0.1) is 24.2 Å². The number of methoxy groups -OCH3 is 1. The van der Waals surface area contributed by atoms with Crippen LogP contribution in [0.3, 0.4) is 0 Å². The lowest BCUT2D eigenvalue weighted by Gasteiger charge is -2.24. The van der Waals surface area contributed by atoms with Crippen molar-refractivity contribution in [1.82, 2.24) is 0 Å². The fourth-order valence-corrected chi connectivity index (χ4v) is 3.89. The Morgan fingerprint density at radius 3 is 2.48 bits per heavy atom. The van der Waals surface area contributed by atoms with Crippen LogP contribution in [-0.2, 0) is 10.0 Å². The highest BCUT2D eigenvalue weighted by atomic mass is 32.2. The first-order valence-electron chi connectivity index (χ1n) is 7.25. The minimum atomic E-state index is -3.67. The van der Waals surface area contributed by atoms with Crippen molar-refractivity contribution in [3.63, 3.8) is 0 Å². The zero-order valence-electron chi connectivity index (χ0n) is 13.6. The van der Waals surface area contributed by atoms with E-state index in [2.05, 4.69) is 6.58 Å². The third-order valence-corrected chi connectivity index (χ3v) is 5.33. The molecule has 0 atom stereocenters. The molecule has 4 nitrogen and oxygen atoms in total. The minimum Gasteiger partial charge on any atom is -0.496 e. The van der Waals surface area contributed by atoms with Gasteiger partial charge >= 0.3 is 0 Å². The lowest BCUT2D eigenvalue weighted by molar-refractivity contribution is 0.411.